The SMILES string of the molecule is O=C(CN1CCN(c2ncccn2)CC1)NC(=O)NCc1ccco1. The molecule has 1 aliphatic heterocycles. The van der Waals surface area contributed by atoms with Gasteiger partial charge < -0.3 is 14.6 Å². The van der Waals surface area contributed by atoms with E-state index in [0.717, 1.165) is 13.1 Å². The third-order valence-electron chi connectivity index (χ3n) is 3.83. The highest BCUT2D eigenvalue weighted by molar-refractivity contribution is 5.95. The van der Waals surface area contributed by atoms with Crippen LogP contribution in [0.5, 0.6) is 0 Å². The smallest absolute Gasteiger partial charge is 0.321 e. The van der Waals surface area contributed by atoms with E-state index in [9.17, 15) is 9.59 Å². The zero-order valence-electron chi connectivity index (χ0n) is 13.7. The lowest BCUT2D eigenvalue weighted by Crippen LogP contribution is -2.51. The molecule has 9 heteroatoms. The van der Waals surface area contributed by atoms with Crippen molar-refractivity contribution in [3.63, 3.8) is 0 Å². The second-order valence-corrected chi connectivity index (χ2v) is 5.62. The fourth-order valence-corrected chi connectivity index (χ4v) is 2.55. The first-order chi connectivity index (χ1) is 12.2. The molecule has 9 nitrogen and oxygen atoms in total. The van der Waals surface area contributed by atoms with Gasteiger partial charge in [0.05, 0.1) is 19.4 Å². The zero-order chi connectivity index (χ0) is 17.5. The summed E-state index contributed by atoms with van der Waals surface area (Å²) in [7, 11) is 0. The minimum Gasteiger partial charge on any atom is -0.467 e. The van der Waals surface area contributed by atoms with Gasteiger partial charge in [0.1, 0.15) is 5.76 Å². The standard InChI is InChI=1S/C16H20N6O3/c23-14(20-16(24)19-11-13-3-1-10-25-13)12-21-6-8-22(9-7-21)15-17-4-2-5-18-15/h1-5,10H,6-9,11-12H2,(H2,19,20,23,24). The number of aromatic nitrogens is 2. The predicted octanol–water partition coefficient (Wildman–Crippen LogP) is 0.218. The minimum absolute atomic E-state index is 0.178. The Bertz CT molecular complexity index is 683. The molecule has 1 saturated heterocycles. The highest BCUT2D eigenvalue weighted by Crippen LogP contribution is 2.09. The Morgan fingerprint density at radius 3 is 2.56 bits per heavy atom. The second-order valence-electron chi connectivity index (χ2n) is 5.62. The molecule has 1 aliphatic rings. The number of furan rings is 1. The Hall–Kier alpha value is -2.94. The average Bonchev–Trinajstić information content (AvgIpc) is 3.15. The van der Waals surface area contributed by atoms with E-state index < -0.39 is 6.03 Å². The molecule has 2 aromatic heterocycles. The number of carbonyl (C=O) groups is 2. The molecule has 2 N–H and O–H groups in total. The summed E-state index contributed by atoms with van der Waals surface area (Å²) >= 11 is 0. The van der Waals surface area contributed by atoms with Crippen molar-refractivity contribution in [1.29, 1.82) is 0 Å². The minimum atomic E-state index is -0.530. The van der Waals surface area contributed by atoms with Crippen LogP contribution < -0.4 is 15.5 Å². The van der Waals surface area contributed by atoms with Gasteiger partial charge in [0.25, 0.3) is 0 Å². The molecule has 0 unspecified atom stereocenters. The summed E-state index contributed by atoms with van der Waals surface area (Å²) in [6.45, 7) is 3.31. The molecule has 132 valence electrons. The van der Waals surface area contributed by atoms with Crippen LogP contribution in [0.3, 0.4) is 0 Å². The number of carbonyl (C=O) groups excluding carboxylic acids is 2. The summed E-state index contributed by atoms with van der Waals surface area (Å²) in [6.07, 6.45) is 4.95. The number of imide groups is 1. The lowest BCUT2D eigenvalue weighted by molar-refractivity contribution is -0.121. The number of hydrogen-bond acceptors (Lipinski definition) is 7. The maximum absolute atomic E-state index is 12.0. The van der Waals surface area contributed by atoms with Gasteiger partial charge in [-0.2, -0.15) is 0 Å². The number of nitrogens with zero attached hydrogens (tertiary/aromatic N) is 4. The summed E-state index contributed by atoms with van der Waals surface area (Å²) in [5, 5.41) is 4.90. The van der Waals surface area contributed by atoms with E-state index in [1.54, 1.807) is 30.6 Å². The van der Waals surface area contributed by atoms with Crippen LogP contribution in [0, 0.1) is 0 Å². The number of nitrogens with one attached hydrogen (secondary N) is 2. The molecule has 0 spiro atoms. The normalized spacial score (nSPS) is 15.0. The van der Waals surface area contributed by atoms with Gasteiger partial charge in [-0.3, -0.25) is 15.0 Å². The topological polar surface area (TPSA) is 104 Å². The Morgan fingerprint density at radius 2 is 1.88 bits per heavy atom. The van der Waals surface area contributed by atoms with E-state index in [1.165, 1.54) is 6.26 Å². The monoisotopic (exact) mass is 344 g/mol. The van der Waals surface area contributed by atoms with Crippen molar-refractivity contribution in [3.8, 4) is 0 Å². The molecule has 0 bridgehead atoms. The molecule has 0 aliphatic carbocycles. The lowest BCUT2D eigenvalue weighted by atomic mass is 10.3. The summed E-state index contributed by atoms with van der Waals surface area (Å²) in [4.78, 5) is 36.2. The van der Waals surface area contributed by atoms with E-state index in [0.29, 0.717) is 24.8 Å². The first-order valence-corrected chi connectivity index (χ1v) is 8.05. The summed E-state index contributed by atoms with van der Waals surface area (Å²) in [5.41, 5.74) is 0. The van der Waals surface area contributed by atoms with Crippen molar-refractivity contribution >= 4 is 17.9 Å². The Labute approximate surface area is 145 Å². The van der Waals surface area contributed by atoms with Gasteiger partial charge >= 0.3 is 6.03 Å². The molecule has 0 aromatic carbocycles. The van der Waals surface area contributed by atoms with Crippen molar-refractivity contribution in [3.05, 3.63) is 42.6 Å². The molecule has 0 saturated carbocycles. The first kappa shape index (κ1) is 16.9. The van der Waals surface area contributed by atoms with E-state index in [4.69, 9.17) is 4.42 Å². The molecule has 3 amide bonds. The fourth-order valence-electron chi connectivity index (χ4n) is 2.55. The van der Waals surface area contributed by atoms with Crippen molar-refractivity contribution < 1.29 is 14.0 Å². The van der Waals surface area contributed by atoms with Gasteiger partial charge in [-0.05, 0) is 18.2 Å². The number of anilines is 1. The van der Waals surface area contributed by atoms with Crippen LogP contribution in [0.4, 0.5) is 10.7 Å². The van der Waals surface area contributed by atoms with E-state index in [-0.39, 0.29) is 19.0 Å². The van der Waals surface area contributed by atoms with Gasteiger partial charge in [-0.1, -0.05) is 0 Å². The number of amides is 3. The highest BCUT2D eigenvalue weighted by atomic mass is 16.3. The molecule has 25 heavy (non-hydrogen) atoms. The van der Waals surface area contributed by atoms with Gasteiger partial charge in [-0.15, -0.1) is 0 Å². The van der Waals surface area contributed by atoms with Crippen molar-refractivity contribution in [2.24, 2.45) is 0 Å². The maximum Gasteiger partial charge on any atom is 0.321 e. The lowest BCUT2D eigenvalue weighted by Gasteiger charge is -2.34. The van der Waals surface area contributed by atoms with Gasteiger partial charge in [0.2, 0.25) is 11.9 Å². The maximum atomic E-state index is 12.0. The van der Waals surface area contributed by atoms with Gasteiger partial charge in [0, 0.05) is 38.6 Å². The molecule has 3 heterocycles. The van der Waals surface area contributed by atoms with Crippen molar-refractivity contribution in [1.82, 2.24) is 25.5 Å². The molecule has 0 atom stereocenters. The summed E-state index contributed by atoms with van der Waals surface area (Å²) in [5.74, 6) is 0.993. The largest absolute Gasteiger partial charge is 0.467 e. The third kappa shape index (κ3) is 5.01. The van der Waals surface area contributed by atoms with E-state index >= 15 is 0 Å². The first-order valence-electron chi connectivity index (χ1n) is 8.05. The number of hydrogen-bond donors (Lipinski definition) is 2. The number of piperazine rings is 1. The number of urea groups is 1. The Morgan fingerprint density at radius 1 is 1.12 bits per heavy atom. The highest BCUT2D eigenvalue weighted by Gasteiger charge is 2.21. The van der Waals surface area contributed by atoms with E-state index in [1.807, 2.05) is 4.90 Å². The predicted molar refractivity (Wildman–Crippen MR) is 89.8 cm³/mol. The molecule has 1 fully saturated rings. The second kappa shape index (κ2) is 8.25. The van der Waals surface area contributed by atoms with Crippen LogP contribution in [-0.2, 0) is 11.3 Å². The zero-order valence-corrected chi connectivity index (χ0v) is 13.7. The molecular weight excluding hydrogens is 324 g/mol. The van der Waals surface area contributed by atoms with Crippen LogP contribution >= 0.6 is 0 Å². The Balaban J connectivity index is 1.36. The molecule has 3 rings (SSSR count). The van der Waals surface area contributed by atoms with Crippen molar-refractivity contribution in [2.45, 2.75) is 6.54 Å². The molecule has 0 radical (unpaired) electrons. The Kier molecular flexibility index (Phi) is 5.57. The average molecular weight is 344 g/mol. The van der Waals surface area contributed by atoms with Crippen LogP contribution in [0.2, 0.25) is 0 Å². The van der Waals surface area contributed by atoms with Crippen molar-refractivity contribution in [2.75, 3.05) is 37.6 Å². The van der Waals surface area contributed by atoms with Crippen LogP contribution in [-0.4, -0.2) is 59.5 Å². The number of rotatable bonds is 5. The quantitative estimate of drug-likeness (QED) is 0.799. The summed E-state index contributed by atoms with van der Waals surface area (Å²) < 4.78 is 5.11. The molecule has 2 aromatic rings. The van der Waals surface area contributed by atoms with Crippen LogP contribution in [0.25, 0.3) is 0 Å². The van der Waals surface area contributed by atoms with Gasteiger partial charge in [0.15, 0.2) is 0 Å². The van der Waals surface area contributed by atoms with E-state index in [2.05, 4.69) is 25.5 Å². The van der Waals surface area contributed by atoms with Gasteiger partial charge in [-0.25, -0.2) is 14.8 Å². The molecular formula is C16H20N6O3. The van der Waals surface area contributed by atoms with Crippen LogP contribution in [0.1, 0.15) is 5.76 Å². The fraction of sp³-hybridized carbons (Fsp3) is 0.375. The third-order valence-corrected chi connectivity index (χ3v) is 3.83. The van der Waals surface area contributed by atoms with Crippen LogP contribution in [0.15, 0.2) is 41.3 Å². The summed E-state index contributed by atoms with van der Waals surface area (Å²) in [6, 6.07) is 4.73.